The number of amides is 1. The Morgan fingerprint density at radius 2 is 1.59 bits per heavy atom. The van der Waals surface area contributed by atoms with Crippen LogP contribution in [0.15, 0.2) is 88.2 Å². The number of hydrogen-bond donors (Lipinski definition) is 0. The van der Waals surface area contributed by atoms with Gasteiger partial charge in [0.15, 0.2) is 0 Å². The molecular formula is C26H28BrN3O3S. The molecule has 0 aromatic heterocycles. The van der Waals surface area contributed by atoms with Crippen LogP contribution < -0.4 is 4.31 Å². The van der Waals surface area contributed by atoms with Crippen molar-refractivity contribution in [3.05, 3.63) is 94.5 Å². The van der Waals surface area contributed by atoms with E-state index >= 15 is 0 Å². The van der Waals surface area contributed by atoms with Crippen molar-refractivity contribution in [3.8, 4) is 0 Å². The average Bonchev–Trinajstić information content (AvgIpc) is 2.83. The number of hydrogen-bond acceptors (Lipinski definition) is 4. The summed E-state index contributed by atoms with van der Waals surface area (Å²) in [5.74, 6) is -0.199. The molecule has 6 nitrogen and oxygen atoms in total. The quantitative estimate of drug-likeness (QED) is 0.447. The Morgan fingerprint density at radius 3 is 2.24 bits per heavy atom. The lowest BCUT2D eigenvalue weighted by Gasteiger charge is -2.36. The van der Waals surface area contributed by atoms with Crippen LogP contribution in [0.3, 0.4) is 0 Å². The Morgan fingerprint density at radius 1 is 0.912 bits per heavy atom. The number of piperazine rings is 1. The summed E-state index contributed by atoms with van der Waals surface area (Å²) in [5, 5.41) is 0. The second-order valence-electron chi connectivity index (χ2n) is 8.45. The number of rotatable bonds is 7. The fourth-order valence-electron chi connectivity index (χ4n) is 4.00. The zero-order chi connectivity index (χ0) is 24.1. The van der Waals surface area contributed by atoms with Gasteiger partial charge in [0.25, 0.3) is 10.0 Å². The number of carbonyl (C=O) groups excluding carboxylic acids is 1. The van der Waals surface area contributed by atoms with E-state index in [1.807, 2.05) is 31.2 Å². The molecule has 0 aliphatic carbocycles. The van der Waals surface area contributed by atoms with Gasteiger partial charge in [0.2, 0.25) is 5.91 Å². The van der Waals surface area contributed by atoms with Gasteiger partial charge in [-0.05, 0) is 42.8 Å². The summed E-state index contributed by atoms with van der Waals surface area (Å²) >= 11 is 3.42. The van der Waals surface area contributed by atoms with E-state index in [1.54, 1.807) is 47.4 Å². The van der Waals surface area contributed by atoms with Gasteiger partial charge in [-0.3, -0.25) is 14.0 Å². The zero-order valence-electron chi connectivity index (χ0n) is 19.1. The first-order chi connectivity index (χ1) is 16.3. The predicted octanol–water partition coefficient (Wildman–Crippen LogP) is 4.30. The highest BCUT2D eigenvalue weighted by molar-refractivity contribution is 9.10. The van der Waals surface area contributed by atoms with Crippen molar-refractivity contribution in [3.63, 3.8) is 0 Å². The number of anilines is 1. The monoisotopic (exact) mass is 541 g/mol. The van der Waals surface area contributed by atoms with Crippen molar-refractivity contribution >= 4 is 37.5 Å². The van der Waals surface area contributed by atoms with E-state index in [2.05, 4.69) is 33.0 Å². The Kier molecular flexibility index (Phi) is 7.70. The lowest BCUT2D eigenvalue weighted by atomic mass is 10.2. The second-order valence-corrected chi connectivity index (χ2v) is 11.2. The number of carbonyl (C=O) groups is 1. The van der Waals surface area contributed by atoms with Crippen molar-refractivity contribution < 1.29 is 13.2 Å². The molecule has 178 valence electrons. The third-order valence-electron chi connectivity index (χ3n) is 5.96. The normalized spacial score (nSPS) is 14.7. The molecule has 1 aliphatic heterocycles. The van der Waals surface area contributed by atoms with Crippen LogP contribution in [0, 0.1) is 6.92 Å². The minimum Gasteiger partial charge on any atom is -0.339 e. The standard InChI is InChI=1S/C26H28BrN3O3S/c1-21-10-12-25(13-11-21)34(32,33)30(24-9-5-8-23(27)18-24)20-26(31)29-16-14-28(15-17-29)19-22-6-3-2-4-7-22/h2-13,18H,14-17,19-20H2,1H3. The van der Waals surface area contributed by atoms with Crippen LogP contribution in [0.1, 0.15) is 11.1 Å². The molecule has 0 bridgehead atoms. The van der Waals surface area contributed by atoms with Crippen molar-refractivity contribution in [1.29, 1.82) is 0 Å². The van der Waals surface area contributed by atoms with Gasteiger partial charge in [-0.25, -0.2) is 8.42 Å². The molecule has 34 heavy (non-hydrogen) atoms. The number of benzene rings is 3. The number of halogens is 1. The third kappa shape index (κ3) is 5.87. The lowest BCUT2D eigenvalue weighted by Crippen LogP contribution is -2.51. The van der Waals surface area contributed by atoms with E-state index in [9.17, 15) is 13.2 Å². The molecule has 1 saturated heterocycles. The van der Waals surface area contributed by atoms with Crippen LogP contribution >= 0.6 is 15.9 Å². The highest BCUT2D eigenvalue weighted by atomic mass is 79.9. The molecule has 1 heterocycles. The minimum absolute atomic E-state index is 0.165. The van der Waals surface area contributed by atoms with Gasteiger partial charge >= 0.3 is 0 Å². The topological polar surface area (TPSA) is 60.9 Å². The van der Waals surface area contributed by atoms with Crippen LogP contribution in [0.2, 0.25) is 0 Å². The molecule has 3 aromatic carbocycles. The Bertz CT molecular complexity index is 1230. The summed E-state index contributed by atoms with van der Waals surface area (Å²) in [5.41, 5.74) is 2.66. The molecule has 0 atom stereocenters. The van der Waals surface area contributed by atoms with E-state index in [0.29, 0.717) is 18.8 Å². The SMILES string of the molecule is Cc1ccc(S(=O)(=O)N(CC(=O)N2CCN(Cc3ccccc3)CC2)c2cccc(Br)c2)cc1. The first kappa shape index (κ1) is 24.4. The molecule has 4 rings (SSSR count). The number of aryl methyl sites for hydroxylation is 1. The van der Waals surface area contributed by atoms with E-state index in [4.69, 9.17) is 0 Å². The molecule has 0 radical (unpaired) electrons. The molecule has 3 aromatic rings. The highest BCUT2D eigenvalue weighted by Crippen LogP contribution is 2.27. The fraction of sp³-hybridized carbons (Fsp3) is 0.269. The first-order valence-electron chi connectivity index (χ1n) is 11.2. The number of sulfonamides is 1. The van der Waals surface area contributed by atoms with Gasteiger partial charge in [0, 0.05) is 37.2 Å². The summed E-state index contributed by atoms with van der Waals surface area (Å²) in [6.07, 6.45) is 0. The maximum absolute atomic E-state index is 13.6. The van der Waals surface area contributed by atoms with Crippen LogP contribution in [0.25, 0.3) is 0 Å². The molecule has 1 amide bonds. The average molecular weight is 542 g/mol. The summed E-state index contributed by atoms with van der Waals surface area (Å²) in [7, 11) is -3.92. The van der Waals surface area contributed by atoms with Crippen molar-refractivity contribution in [1.82, 2.24) is 9.80 Å². The van der Waals surface area contributed by atoms with Crippen LogP contribution in [-0.4, -0.2) is 56.8 Å². The van der Waals surface area contributed by atoms with Gasteiger partial charge in [0.1, 0.15) is 6.54 Å². The van der Waals surface area contributed by atoms with E-state index in [1.165, 1.54) is 9.87 Å². The summed E-state index contributed by atoms with van der Waals surface area (Å²) in [6, 6.07) is 24.0. The maximum Gasteiger partial charge on any atom is 0.264 e. The molecule has 1 fully saturated rings. The highest BCUT2D eigenvalue weighted by Gasteiger charge is 2.30. The largest absolute Gasteiger partial charge is 0.339 e. The first-order valence-corrected chi connectivity index (χ1v) is 13.5. The predicted molar refractivity (Wildman–Crippen MR) is 138 cm³/mol. The van der Waals surface area contributed by atoms with E-state index in [0.717, 1.165) is 29.7 Å². The number of nitrogens with zero attached hydrogens (tertiary/aromatic N) is 3. The van der Waals surface area contributed by atoms with Crippen LogP contribution in [-0.2, 0) is 21.4 Å². The van der Waals surface area contributed by atoms with Crippen molar-refractivity contribution in [2.75, 3.05) is 37.0 Å². The van der Waals surface area contributed by atoms with Gasteiger partial charge in [-0.2, -0.15) is 0 Å². The summed E-state index contributed by atoms with van der Waals surface area (Å²) < 4.78 is 29.1. The van der Waals surface area contributed by atoms with Crippen LogP contribution in [0.5, 0.6) is 0 Å². The zero-order valence-corrected chi connectivity index (χ0v) is 21.5. The lowest BCUT2D eigenvalue weighted by molar-refractivity contribution is -0.131. The molecule has 1 aliphatic rings. The smallest absolute Gasteiger partial charge is 0.264 e. The Hall–Kier alpha value is -2.68. The maximum atomic E-state index is 13.6. The molecule has 0 N–H and O–H groups in total. The molecule has 0 saturated carbocycles. The molecular weight excluding hydrogens is 514 g/mol. The van der Waals surface area contributed by atoms with Gasteiger partial charge in [-0.1, -0.05) is 70.0 Å². The van der Waals surface area contributed by atoms with Crippen molar-refractivity contribution in [2.24, 2.45) is 0 Å². The summed E-state index contributed by atoms with van der Waals surface area (Å²) in [6.45, 7) is 5.15. The minimum atomic E-state index is -3.92. The summed E-state index contributed by atoms with van der Waals surface area (Å²) in [4.78, 5) is 17.5. The Balaban J connectivity index is 1.49. The van der Waals surface area contributed by atoms with Gasteiger partial charge < -0.3 is 4.90 Å². The second kappa shape index (κ2) is 10.7. The third-order valence-corrected chi connectivity index (χ3v) is 8.24. The molecule has 8 heteroatoms. The Labute approximate surface area is 210 Å². The van der Waals surface area contributed by atoms with E-state index < -0.39 is 10.0 Å². The molecule has 0 spiro atoms. The molecule has 0 unspecified atom stereocenters. The van der Waals surface area contributed by atoms with Crippen molar-refractivity contribution in [2.45, 2.75) is 18.4 Å². The van der Waals surface area contributed by atoms with Gasteiger partial charge in [0.05, 0.1) is 10.6 Å². The van der Waals surface area contributed by atoms with E-state index in [-0.39, 0.29) is 17.3 Å². The van der Waals surface area contributed by atoms with Gasteiger partial charge in [-0.15, -0.1) is 0 Å². The van der Waals surface area contributed by atoms with Crippen LogP contribution in [0.4, 0.5) is 5.69 Å². The fourth-order valence-corrected chi connectivity index (χ4v) is 5.80.